The first-order valence-corrected chi connectivity index (χ1v) is 5.93. The number of aliphatic hydroxyl groups is 1. The van der Waals surface area contributed by atoms with Gasteiger partial charge in [-0.2, -0.15) is 13.1 Å². The highest BCUT2D eigenvalue weighted by Gasteiger charge is 2.19. The van der Waals surface area contributed by atoms with Crippen LogP contribution in [0.4, 0.5) is 8.78 Å². The molecule has 1 unspecified atom stereocenters. The lowest BCUT2D eigenvalue weighted by molar-refractivity contribution is -0.000489. The van der Waals surface area contributed by atoms with Crippen LogP contribution >= 0.6 is 0 Å². The largest absolute Gasteiger partial charge is 0.386 e. The Balaban J connectivity index is 3.94. The molecule has 0 aliphatic heterocycles. The van der Waals surface area contributed by atoms with Gasteiger partial charge in [-0.3, -0.25) is 0 Å². The van der Waals surface area contributed by atoms with Crippen molar-refractivity contribution in [2.24, 2.45) is 5.92 Å². The highest BCUT2D eigenvalue weighted by Crippen LogP contribution is 1.99. The molecule has 3 N–H and O–H groups in total. The molecule has 0 aliphatic carbocycles. The predicted molar refractivity (Wildman–Crippen MR) is 51.8 cm³/mol. The van der Waals surface area contributed by atoms with Gasteiger partial charge in [0.1, 0.15) is 6.10 Å². The van der Waals surface area contributed by atoms with Gasteiger partial charge in [-0.15, -0.1) is 0 Å². The zero-order valence-corrected chi connectivity index (χ0v) is 9.39. The molecule has 0 radical (unpaired) electrons. The van der Waals surface area contributed by atoms with Crippen molar-refractivity contribution < 1.29 is 22.3 Å². The molecular weight excluding hydrogens is 230 g/mol. The fourth-order valence-electron chi connectivity index (χ4n) is 0.612. The number of halogens is 2. The van der Waals surface area contributed by atoms with Crippen molar-refractivity contribution in [3.63, 3.8) is 0 Å². The number of nitrogens with one attached hydrogen (secondary N) is 2. The van der Waals surface area contributed by atoms with Crippen molar-refractivity contribution in [1.82, 2.24) is 9.44 Å². The van der Waals surface area contributed by atoms with Crippen LogP contribution in [0, 0.1) is 5.92 Å². The molecule has 0 fully saturated rings. The Hall–Kier alpha value is -0.310. The molecule has 92 valence electrons. The predicted octanol–water partition coefficient (Wildman–Crippen LogP) is -0.308. The van der Waals surface area contributed by atoms with E-state index in [0.717, 1.165) is 0 Å². The van der Waals surface area contributed by atoms with Gasteiger partial charge in [-0.1, -0.05) is 13.8 Å². The van der Waals surface area contributed by atoms with Gasteiger partial charge in [0.2, 0.25) is 0 Å². The average Bonchev–Trinajstić information content (AvgIpc) is 2.11. The summed E-state index contributed by atoms with van der Waals surface area (Å²) < 4.78 is 49.8. The van der Waals surface area contributed by atoms with Crippen LogP contribution in [-0.4, -0.2) is 39.1 Å². The van der Waals surface area contributed by atoms with E-state index >= 15 is 0 Å². The van der Waals surface area contributed by atoms with Crippen LogP contribution in [0.5, 0.6) is 0 Å². The molecule has 5 nitrogen and oxygen atoms in total. The third-order valence-electron chi connectivity index (χ3n) is 1.45. The maximum Gasteiger partial charge on any atom is 0.277 e. The average molecular weight is 246 g/mol. The second-order valence-corrected chi connectivity index (χ2v) is 5.08. The normalized spacial score (nSPS) is 14.9. The van der Waals surface area contributed by atoms with E-state index in [0.29, 0.717) is 0 Å². The molecule has 0 saturated heterocycles. The first-order valence-electron chi connectivity index (χ1n) is 4.45. The summed E-state index contributed by atoms with van der Waals surface area (Å²) in [4.78, 5) is 0. The Morgan fingerprint density at radius 1 is 1.20 bits per heavy atom. The van der Waals surface area contributed by atoms with Gasteiger partial charge in [0.15, 0.2) is 0 Å². The van der Waals surface area contributed by atoms with Crippen LogP contribution in [0.15, 0.2) is 0 Å². The first-order chi connectivity index (χ1) is 6.74. The summed E-state index contributed by atoms with van der Waals surface area (Å²) >= 11 is 0. The van der Waals surface area contributed by atoms with E-state index in [-0.39, 0.29) is 12.5 Å². The third-order valence-corrected chi connectivity index (χ3v) is 2.55. The number of rotatable bonds is 7. The minimum absolute atomic E-state index is 0.113. The second kappa shape index (κ2) is 6.31. The molecule has 0 heterocycles. The van der Waals surface area contributed by atoms with Gasteiger partial charge in [-0.05, 0) is 5.92 Å². The zero-order valence-electron chi connectivity index (χ0n) is 8.57. The van der Waals surface area contributed by atoms with Gasteiger partial charge >= 0.3 is 0 Å². The van der Waals surface area contributed by atoms with Crippen LogP contribution in [0.1, 0.15) is 13.8 Å². The summed E-state index contributed by atoms with van der Waals surface area (Å²) in [6.45, 7) is 3.11. The zero-order chi connectivity index (χ0) is 12.1. The smallest absolute Gasteiger partial charge is 0.277 e. The van der Waals surface area contributed by atoms with E-state index in [1.807, 2.05) is 4.72 Å². The number of alkyl halides is 2. The monoisotopic (exact) mass is 246 g/mol. The van der Waals surface area contributed by atoms with Gasteiger partial charge < -0.3 is 5.11 Å². The van der Waals surface area contributed by atoms with Gasteiger partial charge in [0.05, 0.1) is 0 Å². The maximum absolute atomic E-state index is 11.8. The van der Waals surface area contributed by atoms with Crippen molar-refractivity contribution in [3.05, 3.63) is 0 Å². The van der Waals surface area contributed by atoms with Crippen LogP contribution in [0.3, 0.4) is 0 Å². The highest BCUT2D eigenvalue weighted by atomic mass is 32.2. The van der Waals surface area contributed by atoms with Crippen molar-refractivity contribution in [2.75, 3.05) is 13.1 Å². The van der Waals surface area contributed by atoms with Gasteiger partial charge in [0, 0.05) is 13.1 Å². The Kier molecular flexibility index (Phi) is 6.18. The van der Waals surface area contributed by atoms with Crippen LogP contribution in [0.25, 0.3) is 0 Å². The summed E-state index contributed by atoms with van der Waals surface area (Å²) in [7, 11) is -3.80. The molecule has 0 spiro atoms. The van der Waals surface area contributed by atoms with Crippen molar-refractivity contribution in [3.8, 4) is 0 Å². The lowest BCUT2D eigenvalue weighted by atomic mass is 10.2. The van der Waals surface area contributed by atoms with E-state index in [4.69, 9.17) is 5.11 Å². The summed E-state index contributed by atoms with van der Waals surface area (Å²) in [6, 6.07) is 0. The molecule has 0 bridgehead atoms. The first kappa shape index (κ1) is 14.7. The number of hydrogen-bond donors (Lipinski definition) is 3. The minimum Gasteiger partial charge on any atom is -0.386 e. The molecule has 15 heavy (non-hydrogen) atoms. The van der Waals surface area contributed by atoms with Crippen molar-refractivity contribution >= 4 is 10.2 Å². The summed E-state index contributed by atoms with van der Waals surface area (Å²) in [5, 5.41) is 8.66. The Labute approximate surface area is 88.1 Å². The van der Waals surface area contributed by atoms with Crippen LogP contribution in [0.2, 0.25) is 0 Å². The quantitative estimate of drug-likeness (QED) is 0.576. The number of aliphatic hydroxyl groups excluding tert-OH is 1. The summed E-state index contributed by atoms with van der Waals surface area (Å²) in [6.07, 6.45) is -4.95. The third kappa shape index (κ3) is 7.60. The minimum atomic E-state index is -3.80. The molecule has 0 rings (SSSR count). The van der Waals surface area contributed by atoms with Gasteiger partial charge in [0.25, 0.3) is 16.6 Å². The molecule has 0 aliphatic rings. The summed E-state index contributed by atoms with van der Waals surface area (Å²) in [5.74, 6) is 0.113. The lowest BCUT2D eigenvalue weighted by Crippen LogP contribution is -2.43. The van der Waals surface area contributed by atoms with Crippen molar-refractivity contribution in [2.45, 2.75) is 26.4 Å². The molecule has 8 heteroatoms. The van der Waals surface area contributed by atoms with Gasteiger partial charge in [-0.25, -0.2) is 13.5 Å². The Bertz CT molecular complexity index is 269. The topological polar surface area (TPSA) is 78.4 Å². The van der Waals surface area contributed by atoms with Crippen LogP contribution in [-0.2, 0) is 10.2 Å². The molecule has 0 aromatic rings. The maximum atomic E-state index is 11.8. The molecule has 0 aromatic carbocycles. The molecule has 1 atom stereocenters. The van der Waals surface area contributed by atoms with E-state index in [1.54, 1.807) is 13.8 Å². The SMILES string of the molecule is CC(C)CNS(=O)(=O)NCC(O)C(F)F. The van der Waals surface area contributed by atoms with E-state index in [9.17, 15) is 17.2 Å². The second-order valence-electron chi connectivity index (χ2n) is 3.50. The molecule has 0 amide bonds. The fourth-order valence-corrected chi connectivity index (χ4v) is 1.66. The molecular formula is C7H16F2N2O3S. The van der Waals surface area contributed by atoms with E-state index in [1.165, 1.54) is 0 Å². The number of hydrogen-bond acceptors (Lipinski definition) is 3. The standard InChI is InChI=1S/C7H16F2N2O3S/c1-5(2)3-10-15(13,14)11-4-6(12)7(8)9/h5-7,10-12H,3-4H2,1-2H3. The fraction of sp³-hybridized carbons (Fsp3) is 1.00. The van der Waals surface area contributed by atoms with Crippen molar-refractivity contribution in [1.29, 1.82) is 0 Å². The highest BCUT2D eigenvalue weighted by molar-refractivity contribution is 7.87. The van der Waals surface area contributed by atoms with Crippen LogP contribution < -0.4 is 9.44 Å². The summed E-state index contributed by atoms with van der Waals surface area (Å²) in [5.41, 5.74) is 0. The Morgan fingerprint density at radius 2 is 1.67 bits per heavy atom. The van der Waals surface area contributed by atoms with E-state index in [2.05, 4.69) is 4.72 Å². The Morgan fingerprint density at radius 3 is 2.07 bits per heavy atom. The lowest BCUT2D eigenvalue weighted by Gasteiger charge is -2.12. The molecule has 0 saturated carbocycles. The van der Waals surface area contributed by atoms with E-state index < -0.39 is 29.3 Å². The molecule has 0 aromatic heterocycles.